The van der Waals surface area contributed by atoms with Crippen LogP contribution in [0.3, 0.4) is 0 Å². The minimum atomic E-state index is 0.483. The van der Waals surface area contributed by atoms with Crippen LogP contribution in [-0.2, 0) is 19.4 Å². The molecule has 2 aliphatic rings. The Kier molecular flexibility index (Phi) is 5.09. The molecule has 0 spiro atoms. The molecule has 0 bridgehead atoms. The average molecular weight is 348 g/mol. The molecule has 26 heavy (non-hydrogen) atoms. The lowest BCUT2D eigenvalue weighted by Crippen LogP contribution is -2.30. The van der Waals surface area contributed by atoms with E-state index < -0.39 is 0 Å². The Bertz CT molecular complexity index is 790. The molecule has 1 heterocycles. The van der Waals surface area contributed by atoms with E-state index in [1.807, 2.05) is 0 Å². The van der Waals surface area contributed by atoms with E-state index >= 15 is 0 Å². The van der Waals surface area contributed by atoms with Crippen molar-refractivity contribution in [2.75, 3.05) is 23.3 Å². The number of hydrogen-bond acceptors (Lipinski definition) is 2. The van der Waals surface area contributed by atoms with Crippen molar-refractivity contribution in [3.63, 3.8) is 0 Å². The van der Waals surface area contributed by atoms with E-state index in [0.717, 1.165) is 18.8 Å². The second-order valence-electron chi connectivity index (χ2n) is 7.34. The van der Waals surface area contributed by atoms with Gasteiger partial charge in [-0.2, -0.15) is 0 Å². The Labute approximate surface area is 156 Å². The minimum absolute atomic E-state index is 0.483. The van der Waals surface area contributed by atoms with Crippen LogP contribution in [0.1, 0.15) is 42.4 Å². The summed E-state index contributed by atoms with van der Waals surface area (Å²) in [6, 6.07) is 15.1. The van der Waals surface area contributed by atoms with Gasteiger partial charge in [-0.3, -0.25) is 0 Å². The van der Waals surface area contributed by atoms with Crippen molar-refractivity contribution in [3.8, 4) is 0 Å². The molecule has 4 heteroatoms. The van der Waals surface area contributed by atoms with Crippen molar-refractivity contribution in [1.29, 1.82) is 0 Å². The molecule has 1 fully saturated rings. The third-order valence-corrected chi connectivity index (χ3v) is 5.48. The maximum Gasteiger partial charge on any atom is 0.193 e. The lowest BCUT2D eigenvalue weighted by Gasteiger charge is -2.30. The Hall–Kier alpha value is -2.49. The summed E-state index contributed by atoms with van der Waals surface area (Å²) in [5.41, 5.74) is 12.7. The number of aryl methyl sites for hydroxylation is 2. The molecular weight excluding hydrogens is 320 g/mol. The normalized spacial score (nSPS) is 17.2. The Morgan fingerprint density at radius 1 is 0.962 bits per heavy atom. The van der Waals surface area contributed by atoms with Gasteiger partial charge in [0.1, 0.15) is 0 Å². The van der Waals surface area contributed by atoms with Crippen molar-refractivity contribution in [2.24, 2.45) is 10.7 Å². The van der Waals surface area contributed by atoms with Crippen molar-refractivity contribution < 1.29 is 0 Å². The summed E-state index contributed by atoms with van der Waals surface area (Å²) in [5, 5.41) is 3.26. The monoisotopic (exact) mass is 348 g/mol. The molecule has 4 nitrogen and oxygen atoms in total. The fourth-order valence-corrected chi connectivity index (χ4v) is 4.10. The topological polar surface area (TPSA) is 53.6 Å². The zero-order valence-electron chi connectivity index (χ0n) is 15.4. The van der Waals surface area contributed by atoms with E-state index in [0.29, 0.717) is 12.5 Å². The van der Waals surface area contributed by atoms with Gasteiger partial charge in [-0.25, -0.2) is 4.99 Å². The number of nitrogens with one attached hydrogen (secondary N) is 1. The molecule has 0 aromatic heterocycles. The van der Waals surface area contributed by atoms with Gasteiger partial charge in [0.15, 0.2) is 5.96 Å². The average Bonchev–Trinajstić information content (AvgIpc) is 3.15. The maximum absolute atomic E-state index is 6.15. The summed E-state index contributed by atoms with van der Waals surface area (Å²) >= 11 is 0. The van der Waals surface area contributed by atoms with Crippen molar-refractivity contribution in [1.82, 2.24) is 0 Å². The number of anilines is 2. The van der Waals surface area contributed by atoms with Crippen LogP contribution in [0.5, 0.6) is 0 Å². The van der Waals surface area contributed by atoms with Crippen molar-refractivity contribution in [2.45, 2.75) is 45.1 Å². The molecule has 0 radical (unpaired) electrons. The Balaban J connectivity index is 1.44. The van der Waals surface area contributed by atoms with Crippen molar-refractivity contribution >= 4 is 17.3 Å². The SMILES string of the molecule is NC(=NCc1ccccc1N1CCCCC1)Nc1ccc2c(c1)CCC2. The molecule has 2 aromatic carbocycles. The Morgan fingerprint density at radius 3 is 2.65 bits per heavy atom. The van der Waals surface area contributed by atoms with Crippen LogP contribution in [0.25, 0.3) is 0 Å². The summed E-state index contributed by atoms with van der Waals surface area (Å²) in [5.74, 6) is 0.483. The molecule has 0 amide bonds. The van der Waals surface area contributed by atoms with Crippen molar-refractivity contribution in [3.05, 3.63) is 59.2 Å². The predicted octanol–water partition coefficient (Wildman–Crippen LogP) is 4.09. The van der Waals surface area contributed by atoms with Gasteiger partial charge < -0.3 is 16.0 Å². The van der Waals surface area contributed by atoms with Gasteiger partial charge in [-0.1, -0.05) is 24.3 Å². The summed E-state index contributed by atoms with van der Waals surface area (Å²) in [6.07, 6.45) is 7.53. The lowest BCUT2D eigenvalue weighted by molar-refractivity contribution is 0.576. The van der Waals surface area contributed by atoms with Gasteiger partial charge in [-0.15, -0.1) is 0 Å². The van der Waals surface area contributed by atoms with Crippen LogP contribution in [0, 0.1) is 0 Å². The van der Waals surface area contributed by atoms with Gasteiger partial charge in [0, 0.05) is 24.5 Å². The third-order valence-electron chi connectivity index (χ3n) is 5.48. The molecule has 1 saturated heterocycles. The lowest BCUT2D eigenvalue weighted by atomic mass is 10.1. The highest BCUT2D eigenvalue weighted by molar-refractivity contribution is 5.92. The van der Waals surface area contributed by atoms with Crippen LogP contribution < -0.4 is 16.0 Å². The number of piperidine rings is 1. The Morgan fingerprint density at radius 2 is 1.77 bits per heavy atom. The first-order valence-corrected chi connectivity index (χ1v) is 9.81. The van der Waals surface area contributed by atoms with E-state index in [4.69, 9.17) is 5.73 Å². The fraction of sp³-hybridized carbons (Fsp3) is 0.409. The van der Waals surface area contributed by atoms with Crippen LogP contribution in [0.2, 0.25) is 0 Å². The number of nitrogens with two attached hydrogens (primary N) is 1. The van der Waals surface area contributed by atoms with Crippen LogP contribution in [-0.4, -0.2) is 19.0 Å². The number of aliphatic imine (C=N–C) groups is 1. The van der Waals surface area contributed by atoms with Gasteiger partial charge in [0.25, 0.3) is 0 Å². The molecule has 1 aliphatic heterocycles. The third kappa shape index (κ3) is 3.85. The molecule has 3 N–H and O–H groups in total. The standard InChI is InChI=1S/C22H28N4/c23-22(25-20-12-11-17-8-6-9-18(17)15-20)24-16-19-7-2-3-10-21(19)26-13-4-1-5-14-26/h2-3,7,10-12,15H,1,4-6,8-9,13-14,16H2,(H3,23,24,25). The van der Waals surface area contributed by atoms with Gasteiger partial charge in [0.2, 0.25) is 0 Å². The molecule has 2 aromatic rings. The summed E-state index contributed by atoms with van der Waals surface area (Å²) in [6.45, 7) is 2.89. The van der Waals surface area contributed by atoms with Crippen LogP contribution in [0.4, 0.5) is 11.4 Å². The number of guanidine groups is 1. The number of fused-ring (bicyclic) bond motifs is 1. The summed E-state index contributed by atoms with van der Waals surface area (Å²) in [7, 11) is 0. The van der Waals surface area contributed by atoms with E-state index in [1.165, 1.54) is 60.9 Å². The number of rotatable bonds is 4. The first-order valence-electron chi connectivity index (χ1n) is 9.81. The zero-order chi connectivity index (χ0) is 17.8. The molecule has 0 unspecified atom stereocenters. The zero-order valence-corrected chi connectivity index (χ0v) is 15.4. The number of hydrogen-bond donors (Lipinski definition) is 2. The van der Waals surface area contributed by atoms with Crippen LogP contribution >= 0.6 is 0 Å². The minimum Gasteiger partial charge on any atom is -0.371 e. The van der Waals surface area contributed by atoms with E-state index in [-0.39, 0.29) is 0 Å². The molecule has 136 valence electrons. The smallest absolute Gasteiger partial charge is 0.193 e. The van der Waals surface area contributed by atoms with Gasteiger partial charge in [0.05, 0.1) is 6.54 Å². The van der Waals surface area contributed by atoms with E-state index in [1.54, 1.807) is 0 Å². The first-order chi connectivity index (χ1) is 12.8. The number of para-hydroxylation sites is 1. The fourth-order valence-electron chi connectivity index (χ4n) is 4.10. The van der Waals surface area contributed by atoms with E-state index in [2.05, 4.69) is 57.7 Å². The summed E-state index contributed by atoms with van der Waals surface area (Å²) in [4.78, 5) is 7.08. The highest BCUT2D eigenvalue weighted by Crippen LogP contribution is 2.26. The van der Waals surface area contributed by atoms with Gasteiger partial charge >= 0.3 is 0 Å². The van der Waals surface area contributed by atoms with E-state index in [9.17, 15) is 0 Å². The number of benzene rings is 2. The molecule has 1 aliphatic carbocycles. The first kappa shape index (κ1) is 17.0. The quantitative estimate of drug-likeness (QED) is 0.646. The second-order valence-corrected chi connectivity index (χ2v) is 7.34. The highest BCUT2D eigenvalue weighted by atomic mass is 15.1. The molecule has 0 atom stereocenters. The second kappa shape index (κ2) is 7.81. The molecule has 4 rings (SSSR count). The largest absolute Gasteiger partial charge is 0.371 e. The van der Waals surface area contributed by atoms with Gasteiger partial charge in [-0.05, 0) is 73.4 Å². The predicted molar refractivity (Wildman–Crippen MR) is 110 cm³/mol. The number of nitrogens with zero attached hydrogens (tertiary/aromatic N) is 2. The maximum atomic E-state index is 6.15. The molecular formula is C22H28N4. The summed E-state index contributed by atoms with van der Waals surface area (Å²) < 4.78 is 0. The van der Waals surface area contributed by atoms with Crippen LogP contribution in [0.15, 0.2) is 47.5 Å². The highest BCUT2D eigenvalue weighted by Gasteiger charge is 2.14. The molecule has 0 saturated carbocycles.